The molecule has 2 aromatic rings. The minimum Gasteiger partial charge on any atom is -0.495 e. The number of aryl methyl sites for hydroxylation is 2. The van der Waals surface area contributed by atoms with Crippen LogP contribution in [0, 0.1) is 13.8 Å². The summed E-state index contributed by atoms with van der Waals surface area (Å²) in [7, 11) is 1.65. The van der Waals surface area contributed by atoms with Gasteiger partial charge in [-0.15, -0.1) is 0 Å². The van der Waals surface area contributed by atoms with Gasteiger partial charge in [0.1, 0.15) is 5.75 Å². The van der Waals surface area contributed by atoms with E-state index in [1.807, 2.05) is 38.1 Å². The molecule has 1 heterocycles. The van der Waals surface area contributed by atoms with E-state index in [2.05, 4.69) is 23.0 Å². The van der Waals surface area contributed by atoms with Crippen molar-refractivity contribution in [3.63, 3.8) is 0 Å². The molecular formula is C16H18N2O. The predicted octanol–water partition coefficient (Wildman–Crippen LogP) is 3.85. The van der Waals surface area contributed by atoms with Gasteiger partial charge < -0.3 is 4.74 Å². The Balaban J connectivity index is 2.36. The normalized spacial score (nSPS) is 11.5. The highest BCUT2D eigenvalue weighted by atomic mass is 16.5. The molecule has 19 heavy (non-hydrogen) atoms. The molecule has 0 aliphatic rings. The van der Waals surface area contributed by atoms with Crippen molar-refractivity contribution in [2.24, 2.45) is 4.99 Å². The minimum absolute atomic E-state index is 0.799. The number of para-hydroxylation sites is 1. The maximum Gasteiger partial charge on any atom is 0.140 e. The lowest BCUT2D eigenvalue weighted by Gasteiger charge is -2.07. The molecule has 0 unspecified atom stereocenters. The Morgan fingerprint density at radius 3 is 2.53 bits per heavy atom. The molecular weight excluding hydrogens is 236 g/mol. The molecule has 0 bridgehead atoms. The molecule has 0 aliphatic carbocycles. The quantitative estimate of drug-likeness (QED) is 0.780. The van der Waals surface area contributed by atoms with Crippen molar-refractivity contribution in [3.05, 3.63) is 53.3 Å². The standard InChI is InChI=1S/C16H18N2O/c1-11-7-5-6-8-14(11)18-13(3)15-9-12(2)16(19-4)10-17-15/h5-10H,1-4H3. The van der Waals surface area contributed by atoms with Gasteiger partial charge in [0.2, 0.25) is 0 Å². The molecule has 3 nitrogen and oxygen atoms in total. The number of methoxy groups -OCH3 is 1. The van der Waals surface area contributed by atoms with Crippen LogP contribution >= 0.6 is 0 Å². The Morgan fingerprint density at radius 2 is 1.89 bits per heavy atom. The molecule has 3 heteroatoms. The van der Waals surface area contributed by atoms with E-state index in [0.717, 1.165) is 34.0 Å². The zero-order valence-corrected chi connectivity index (χ0v) is 11.8. The van der Waals surface area contributed by atoms with Gasteiger partial charge in [0.25, 0.3) is 0 Å². The first kappa shape index (κ1) is 13.3. The fourth-order valence-corrected chi connectivity index (χ4v) is 1.88. The van der Waals surface area contributed by atoms with E-state index >= 15 is 0 Å². The van der Waals surface area contributed by atoms with Crippen molar-refractivity contribution >= 4 is 11.4 Å². The molecule has 0 spiro atoms. The van der Waals surface area contributed by atoms with E-state index < -0.39 is 0 Å². The summed E-state index contributed by atoms with van der Waals surface area (Å²) in [6, 6.07) is 10.1. The summed E-state index contributed by atoms with van der Waals surface area (Å²) in [5.74, 6) is 0.799. The van der Waals surface area contributed by atoms with E-state index in [1.54, 1.807) is 13.3 Å². The number of benzene rings is 1. The maximum atomic E-state index is 5.21. The van der Waals surface area contributed by atoms with Crippen LogP contribution in [-0.4, -0.2) is 17.8 Å². The molecule has 0 atom stereocenters. The largest absolute Gasteiger partial charge is 0.495 e. The molecule has 0 N–H and O–H groups in total. The Kier molecular flexibility index (Phi) is 3.95. The van der Waals surface area contributed by atoms with Crippen LogP contribution in [0.5, 0.6) is 5.75 Å². The van der Waals surface area contributed by atoms with Gasteiger partial charge in [-0.05, 0) is 44.0 Å². The zero-order chi connectivity index (χ0) is 13.8. The average molecular weight is 254 g/mol. The van der Waals surface area contributed by atoms with Crippen LogP contribution in [0.2, 0.25) is 0 Å². The number of pyridine rings is 1. The fraction of sp³-hybridized carbons (Fsp3) is 0.250. The number of aliphatic imine (C=N–C) groups is 1. The molecule has 0 saturated heterocycles. The van der Waals surface area contributed by atoms with Crippen molar-refractivity contribution in [1.29, 1.82) is 0 Å². The van der Waals surface area contributed by atoms with Crippen LogP contribution in [0.25, 0.3) is 0 Å². The van der Waals surface area contributed by atoms with Gasteiger partial charge in [-0.2, -0.15) is 0 Å². The highest BCUT2D eigenvalue weighted by Crippen LogP contribution is 2.20. The molecule has 0 aliphatic heterocycles. The third kappa shape index (κ3) is 2.99. The average Bonchev–Trinajstić information content (AvgIpc) is 2.41. The van der Waals surface area contributed by atoms with E-state index in [-0.39, 0.29) is 0 Å². The Labute approximate surface area is 114 Å². The summed E-state index contributed by atoms with van der Waals surface area (Å²) in [6.45, 7) is 6.03. The zero-order valence-electron chi connectivity index (χ0n) is 11.8. The van der Waals surface area contributed by atoms with Crippen LogP contribution in [-0.2, 0) is 0 Å². The molecule has 1 aromatic carbocycles. The smallest absolute Gasteiger partial charge is 0.140 e. The summed E-state index contributed by atoms with van der Waals surface area (Å²) >= 11 is 0. The summed E-state index contributed by atoms with van der Waals surface area (Å²) in [5.41, 5.74) is 4.98. The first-order valence-electron chi connectivity index (χ1n) is 6.23. The van der Waals surface area contributed by atoms with Crippen molar-refractivity contribution in [1.82, 2.24) is 4.98 Å². The molecule has 0 fully saturated rings. The number of aromatic nitrogens is 1. The molecule has 0 amide bonds. The van der Waals surface area contributed by atoms with Crippen LogP contribution < -0.4 is 4.74 Å². The molecule has 1 aromatic heterocycles. The van der Waals surface area contributed by atoms with E-state index in [9.17, 15) is 0 Å². The summed E-state index contributed by atoms with van der Waals surface area (Å²) in [5, 5.41) is 0. The second-order valence-electron chi connectivity index (χ2n) is 4.52. The highest BCUT2D eigenvalue weighted by molar-refractivity contribution is 5.98. The Hall–Kier alpha value is -2.16. The van der Waals surface area contributed by atoms with Crippen LogP contribution in [0.15, 0.2) is 41.5 Å². The van der Waals surface area contributed by atoms with Gasteiger partial charge in [-0.1, -0.05) is 18.2 Å². The highest BCUT2D eigenvalue weighted by Gasteiger charge is 2.05. The molecule has 2 rings (SSSR count). The first-order valence-corrected chi connectivity index (χ1v) is 6.23. The second kappa shape index (κ2) is 5.65. The van der Waals surface area contributed by atoms with Gasteiger partial charge in [0, 0.05) is 0 Å². The summed E-state index contributed by atoms with van der Waals surface area (Å²) < 4.78 is 5.21. The second-order valence-corrected chi connectivity index (χ2v) is 4.52. The Bertz CT molecular complexity index is 618. The van der Waals surface area contributed by atoms with Gasteiger partial charge in [-0.3, -0.25) is 9.98 Å². The van der Waals surface area contributed by atoms with Gasteiger partial charge in [0.05, 0.1) is 30.4 Å². The lowest BCUT2D eigenvalue weighted by molar-refractivity contribution is 0.409. The van der Waals surface area contributed by atoms with Crippen LogP contribution in [0.3, 0.4) is 0 Å². The minimum atomic E-state index is 0.799. The summed E-state index contributed by atoms with van der Waals surface area (Å²) in [6.07, 6.45) is 1.74. The van der Waals surface area contributed by atoms with Gasteiger partial charge in [0.15, 0.2) is 0 Å². The lowest BCUT2D eigenvalue weighted by atomic mass is 10.1. The predicted molar refractivity (Wildman–Crippen MR) is 78.6 cm³/mol. The van der Waals surface area contributed by atoms with Crippen molar-refractivity contribution in [2.45, 2.75) is 20.8 Å². The van der Waals surface area contributed by atoms with Crippen molar-refractivity contribution in [3.8, 4) is 5.75 Å². The molecule has 0 radical (unpaired) electrons. The molecule has 0 saturated carbocycles. The number of nitrogens with zero attached hydrogens (tertiary/aromatic N) is 2. The third-order valence-corrected chi connectivity index (χ3v) is 3.06. The molecule has 98 valence electrons. The van der Waals surface area contributed by atoms with Crippen LogP contribution in [0.4, 0.5) is 5.69 Å². The fourth-order valence-electron chi connectivity index (χ4n) is 1.88. The maximum absolute atomic E-state index is 5.21. The number of ether oxygens (including phenoxy) is 1. The van der Waals surface area contributed by atoms with Crippen molar-refractivity contribution in [2.75, 3.05) is 7.11 Å². The van der Waals surface area contributed by atoms with E-state index in [4.69, 9.17) is 4.74 Å². The number of rotatable bonds is 3. The van der Waals surface area contributed by atoms with Crippen LogP contribution in [0.1, 0.15) is 23.7 Å². The third-order valence-electron chi connectivity index (χ3n) is 3.06. The lowest BCUT2D eigenvalue weighted by Crippen LogP contribution is -2.00. The SMILES string of the molecule is COc1cnc(C(C)=Nc2ccccc2C)cc1C. The van der Waals surface area contributed by atoms with Gasteiger partial charge >= 0.3 is 0 Å². The topological polar surface area (TPSA) is 34.5 Å². The summed E-state index contributed by atoms with van der Waals surface area (Å²) in [4.78, 5) is 9.02. The first-order chi connectivity index (χ1) is 9.11. The number of hydrogen-bond donors (Lipinski definition) is 0. The Morgan fingerprint density at radius 1 is 1.16 bits per heavy atom. The van der Waals surface area contributed by atoms with E-state index in [0.29, 0.717) is 0 Å². The van der Waals surface area contributed by atoms with Gasteiger partial charge in [-0.25, -0.2) is 0 Å². The van der Waals surface area contributed by atoms with Crippen molar-refractivity contribution < 1.29 is 4.74 Å². The number of hydrogen-bond acceptors (Lipinski definition) is 3. The van der Waals surface area contributed by atoms with E-state index in [1.165, 1.54) is 0 Å². The monoisotopic (exact) mass is 254 g/mol.